The largest absolute Gasteiger partial charge is 0.371 e. The van der Waals surface area contributed by atoms with Crippen LogP contribution in [0.1, 0.15) is 23.2 Å². The Bertz CT molecular complexity index is 653. The van der Waals surface area contributed by atoms with Gasteiger partial charge in [-0.1, -0.05) is 6.07 Å². The van der Waals surface area contributed by atoms with E-state index in [1.165, 1.54) is 25.1 Å². The summed E-state index contributed by atoms with van der Waals surface area (Å²) in [7, 11) is 0. The van der Waals surface area contributed by atoms with Crippen molar-refractivity contribution in [2.75, 3.05) is 23.3 Å². The van der Waals surface area contributed by atoms with Gasteiger partial charge in [0.15, 0.2) is 0 Å². The van der Waals surface area contributed by atoms with E-state index in [-0.39, 0.29) is 11.5 Å². The topological polar surface area (TPSA) is 45.2 Å². The van der Waals surface area contributed by atoms with Crippen molar-refractivity contribution >= 4 is 17.3 Å². The maximum Gasteiger partial charge on any atom is 0.255 e. The zero-order valence-corrected chi connectivity index (χ0v) is 11.6. The fourth-order valence-corrected chi connectivity index (χ4v) is 2.50. The monoisotopic (exact) mass is 285 g/mol. The highest BCUT2D eigenvalue weighted by atomic mass is 19.1. The molecule has 2 heterocycles. The van der Waals surface area contributed by atoms with E-state index in [2.05, 4.69) is 15.2 Å². The summed E-state index contributed by atoms with van der Waals surface area (Å²) in [5, 5.41) is 2.79. The molecule has 108 valence electrons. The Balaban J connectivity index is 1.75. The number of carbonyl (C=O) groups is 1. The normalized spacial score (nSPS) is 14.2. The molecule has 1 aromatic heterocycles. The molecule has 0 bridgehead atoms. The quantitative estimate of drug-likeness (QED) is 0.881. The molecule has 2 aromatic rings. The molecule has 1 aliphatic rings. The van der Waals surface area contributed by atoms with E-state index in [1.54, 1.807) is 0 Å². The maximum atomic E-state index is 13.0. The van der Waals surface area contributed by atoms with Crippen molar-refractivity contribution in [3.63, 3.8) is 0 Å². The molecule has 1 N–H and O–H groups in total. The van der Waals surface area contributed by atoms with Crippen LogP contribution < -0.4 is 10.2 Å². The smallest absolute Gasteiger partial charge is 0.255 e. The standard InChI is InChI=1S/C16H16FN3O/c17-15-10-12(6-7-18-15)16(21)19-13-4-3-5-14(11-13)20-8-1-2-9-20/h3-7,10-11H,1-2,8-9H2,(H,19,21). The number of nitrogens with zero attached hydrogens (tertiary/aromatic N) is 2. The van der Waals surface area contributed by atoms with Crippen LogP contribution in [-0.2, 0) is 0 Å². The number of nitrogens with one attached hydrogen (secondary N) is 1. The van der Waals surface area contributed by atoms with Gasteiger partial charge in [0.1, 0.15) is 0 Å². The maximum absolute atomic E-state index is 13.0. The van der Waals surface area contributed by atoms with Crippen LogP contribution in [0.15, 0.2) is 42.6 Å². The number of halogens is 1. The number of rotatable bonds is 3. The Hall–Kier alpha value is -2.43. The van der Waals surface area contributed by atoms with Crippen LogP contribution in [-0.4, -0.2) is 24.0 Å². The van der Waals surface area contributed by atoms with Gasteiger partial charge in [0.2, 0.25) is 5.95 Å². The molecule has 4 nitrogen and oxygen atoms in total. The van der Waals surface area contributed by atoms with Gasteiger partial charge in [-0.25, -0.2) is 4.98 Å². The first-order chi connectivity index (χ1) is 10.2. The van der Waals surface area contributed by atoms with Crippen LogP contribution in [0.3, 0.4) is 0 Å². The van der Waals surface area contributed by atoms with E-state index in [4.69, 9.17) is 0 Å². The summed E-state index contributed by atoms with van der Waals surface area (Å²) in [6, 6.07) is 10.3. The Morgan fingerprint density at radius 3 is 2.76 bits per heavy atom. The molecule has 21 heavy (non-hydrogen) atoms. The van der Waals surface area contributed by atoms with Crippen molar-refractivity contribution in [3.05, 3.63) is 54.1 Å². The van der Waals surface area contributed by atoms with Gasteiger partial charge in [-0.3, -0.25) is 4.79 Å². The molecule has 1 amide bonds. The van der Waals surface area contributed by atoms with Gasteiger partial charge in [-0.15, -0.1) is 0 Å². The molecule has 1 fully saturated rings. The Kier molecular flexibility index (Phi) is 3.81. The number of benzene rings is 1. The molecule has 0 saturated carbocycles. The van der Waals surface area contributed by atoms with Gasteiger partial charge >= 0.3 is 0 Å². The van der Waals surface area contributed by atoms with E-state index in [0.29, 0.717) is 5.69 Å². The van der Waals surface area contributed by atoms with Gasteiger partial charge in [0.05, 0.1) is 0 Å². The summed E-state index contributed by atoms with van der Waals surface area (Å²) in [6.07, 6.45) is 3.69. The fraction of sp³-hybridized carbons (Fsp3) is 0.250. The molecule has 0 atom stereocenters. The molecule has 1 aromatic carbocycles. The minimum Gasteiger partial charge on any atom is -0.371 e. The highest BCUT2D eigenvalue weighted by Crippen LogP contribution is 2.23. The molecule has 1 saturated heterocycles. The first-order valence-electron chi connectivity index (χ1n) is 7.00. The fourth-order valence-electron chi connectivity index (χ4n) is 2.50. The molecular weight excluding hydrogens is 269 g/mol. The Labute approximate surface area is 122 Å². The van der Waals surface area contributed by atoms with Crippen LogP contribution in [0.5, 0.6) is 0 Å². The van der Waals surface area contributed by atoms with Crippen molar-refractivity contribution in [1.82, 2.24) is 4.98 Å². The van der Waals surface area contributed by atoms with E-state index in [1.807, 2.05) is 24.3 Å². The van der Waals surface area contributed by atoms with E-state index < -0.39 is 5.95 Å². The van der Waals surface area contributed by atoms with Crippen molar-refractivity contribution in [3.8, 4) is 0 Å². The molecule has 3 rings (SSSR count). The summed E-state index contributed by atoms with van der Waals surface area (Å²) < 4.78 is 13.0. The number of hydrogen-bond acceptors (Lipinski definition) is 3. The summed E-state index contributed by atoms with van der Waals surface area (Å²) in [4.78, 5) is 17.8. The summed E-state index contributed by atoms with van der Waals surface area (Å²) in [5.41, 5.74) is 2.07. The van der Waals surface area contributed by atoms with Crippen molar-refractivity contribution < 1.29 is 9.18 Å². The molecule has 1 aliphatic heterocycles. The second-order valence-electron chi connectivity index (χ2n) is 5.07. The Morgan fingerprint density at radius 2 is 2.00 bits per heavy atom. The third-order valence-electron chi connectivity index (χ3n) is 3.56. The SMILES string of the molecule is O=C(Nc1cccc(N2CCCC2)c1)c1ccnc(F)c1. The minimum atomic E-state index is -0.659. The molecular formula is C16H16FN3O. The van der Waals surface area contributed by atoms with Crippen molar-refractivity contribution in [2.45, 2.75) is 12.8 Å². The van der Waals surface area contributed by atoms with Gasteiger partial charge in [-0.05, 0) is 37.1 Å². The number of pyridine rings is 1. The highest BCUT2D eigenvalue weighted by Gasteiger charge is 2.13. The van der Waals surface area contributed by atoms with E-state index in [9.17, 15) is 9.18 Å². The molecule has 0 unspecified atom stereocenters. The predicted molar refractivity (Wildman–Crippen MR) is 80.0 cm³/mol. The van der Waals surface area contributed by atoms with Gasteiger partial charge < -0.3 is 10.2 Å². The van der Waals surface area contributed by atoms with E-state index >= 15 is 0 Å². The van der Waals surface area contributed by atoms with Crippen molar-refractivity contribution in [1.29, 1.82) is 0 Å². The summed E-state index contributed by atoms with van der Waals surface area (Å²) >= 11 is 0. The number of hydrogen-bond donors (Lipinski definition) is 1. The van der Waals surface area contributed by atoms with Crippen LogP contribution in [0.25, 0.3) is 0 Å². The lowest BCUT2D eigenvalue weighted by Gasteiger charge is -2.18. The van der Waals surface area contributed by atoms with Crippen LogP contribution in [0.4, 0.5) is 15.8 Å². The van der Waals surface area contributed by atoms with Crippen LogP contribution in [0, 0.1) is 5.95 Å². The zero-order valence-electron chi connectivity index (χ0n) is 11.6. The van der Waals surface area contributed by atoms with Gasteiger partial charge in [0, 0.05) is 42.3 Å². The van der Waals surface area contributed by atoms with Gasteiger partial charge in [-0.2, -0.15) is 4.39 Å². The molecule has 5 heteroatoms. The van der Waals surface area contributed by atoms with E-state index in [0.717, 1.165) is 24.8 Å². The lowest BCUT2D eigenvalue weighted by atomic mass is 10.2. The number of aromatic nitrogens is 1. The number of amides is 1. The molecule has 0 aliphatic carbocycles. The average Bonchev–Trinajstić information content (AvgIpc) is 3.02. The second-order valence-corrected chi connectivity index (χ2v) is 5.07. The Morgan fingerprint density at radius 1 is 1.19 bits per heavy atom. The lowest BCUT2D eigenvalue weighted by molar-refractivity contribution is 0.102. The minimum absolute atomic E-state index is 0.258. The van der Waals surface area contributed by atoms with Gasteiger partial charge in [0.25, 0.3) is 5.91 Å². The summed E-state index contributed by atoms with van der Waals surface area (Å²) in [5.74, 6) is -0.997. The number of anilines is 2. The zero-order chi connectivity index (χ0) is 14.7. The third-order valence-corrected chi connectivity index (χ3v) is 3.56. The lowest BCUT2D eigenvalue weighted by Crippen LogP contribution is -2.18. The molecule has 0 radical (unpaired) electrons. The second kappa shape index (κ2) is 5.91. The van der Waals surface area contributed by atoms with Crippen LogP contribution in [0.2, 0.25) is 0 Å². The highest BCUT2D eigenvalue weighted by molar-refractivity contribution is 6.04. The first kappa shape index (κ1) is 13.5. The third kappa shape index (κ3) is 3.18. The average molecular weight is 285 g/mol. The summed E-state index contributed by atoms with van der Waals surface area (Å²) in [6.45, 7) is 2.10. The predicted octanol–water partition coefficient (Wildman–Crippen LogP) is 3.07. The van der Waals surface area contributed by atoms with Crippen LogP contribution >= 0.6 is 0 Å². The first-order valence-corrected chi connectivity index (χ1v) is 7.00. The molecule has 0 spiro atoms. The number of carbonyl (C=O) groups excluding carboxylic acids is 1. The van der Waals surface area contributed by atoms with Crippen molar-refractivity contribution in [2.24, 2.45) is 0 Å².